The molecule has 0 saturated heterocycles. The zero-order valence-corrected chi connectivity index (χ0v) is 6.74. The van der Waals surface area contributed by atoms with Gasteiger partial charge in [0.25, 0.3) is 5.16 Å². The Morgan fingerprint density at radius 2 is 2.20 bits per heavy atom. The van der Waals surface area contributed by atoms with Gasteiger partial charge in [-0.2, -0.15) is 9.36 Å². The Morgan fingerprint density at radius 1 is 1.60 bits per heavy atom. The molecule has 1 aromatic rings. The van der Waals surface area contributed by atoms with E-state index in [2.05, 4.69) is 9.36 Å². The van der Waals surface area contributed by atoms with Crippen LogP contribution in [0.2, 0.25) is 0 Å². The van der Waals surface area contributed by atoms with Crippen LogP contribution in [0.25, 0.3) is 0 Å². The molecule has 0 atom stereocenters. The lowest BCUT2D eigenvalue weighted by Crippen LogP contribution is -1.99. The third-order valence-corrected chi connectivity index (χ3v) is 2.26. The Labute approximate surface area is 62.0 Å². The number of nitrogens with zero attached hydrogens (tertiary/aromatic N) is 2. The summed E-state index contributed by atoms with van der Waals surface area (Å²) in [5.74, 6) is 0. The largest absolute Gasteiger partial charge is 0.374 e. The summed E-state index contributed by atoms with van der Waals surface area (Å²) >= 11 is 0.869. The summed E-state index contributed by atoms with van der Waals surface area (Å²) in [7, 11) is -3.27. The number of rotatable bonds is 1. The first-order valence-electron chi connectivity index (χ1n) is 2.29. The predicted molar refractivity (Wildman–Crippen MR) is 37.4 cm³/mol. The molecule has 0 aliphatic heterocycles. The Bertz CT molecular complexity index is 327. The van der Waals surface area contributed by atoms with Gasteiger partial charge < -0.3 is 5.73 Å². The van der Waals surface area contributed by atoms with Gasteiger partial charge in [-0.05, 0) is 0 Å². The minimum Gasteiger partial charge on any atom is -0.374 e. The number of anilines is 1. The standard InChI is InChI=1S/C3H5N3O2S2/c1-10(7,8)3-5-2(4)9-6-3/h1H3,(H2,4,5,6). The lowest BCUT2D eigenvalue weighted by atomic mass is 11.2. The molecule has 10 heavy (non-hydrogen) atoms. The van der Waals surface area contributed by atoms with E-state index in [-0.39, 0.29) is 10.3 Å². The molecule has 2 N–H and O–H groups in total. The third-order valence-electron chi connectivity index (χ3n) is 0.755. The molecule has 0 saturated carbocycles. The van der Waals surface area contributed by atoms with Gasteiger partial charge in [0, 0.05) is 17.8 Å². The van der Waals surface area contributed by atoms with Gasteiger partial charge in [0.2, 0.25) is 15.0 Å². The molecule has 7 heteroatoms. The molecule has 0 aromatic carbocycles. The fourth-order valence-electron chi connectivity index (χ4n) is 0.372. The zero-order chi connectivity index (χ0) is 7.78. The molecule has 0 aliphatic carbocycles. The van der Waals surface area contributed by atoms with Crippen molar-refractivity contribution in [3.8, 4) is 0 Å². The number of nitrogen functional groups attached to an aromatic ring is 1. The maximum atomic E-state index is 10.7. The lowest BCUT2D eigenvalue weighted by Gasteiger charge is -1.83. The maximum absolute atomic E-state index is 10.7. The van der Waals surface area contributed by atoms with Gasteiger partial charge in [-0.3, -0.25) is 0 Å². The van der Waals surface area contributed by atoms with E-state index in [1.807, 2.05) is 0 Å². The minimum absolute atomic E-state index is 0.167. The van der Waals surface area contributed by atoms with Crippen LogP contribution in [0.4, 0.5) is 5.13 Å². The number of sulfone groups is 1. The van der Waals surface area contributed by atoms with Crippen molar-refractivity contribution in [3.05, 3.63) is 0 Å². The summed E-state index contributed by atoms with van der Waals surface area (Å²) < 4.78 is 24.8. The van der Waals surface area contributed by atoms with Gasteiger partial charge in [0.05, 0.1) is 0 Å². The Hall–Kier alpha value is -0.690. The van der Waals surface area contributed by atoms with E-state index in [1.165, 1.54) is 0 Å². The second kappa shape index (κ2) is 2.17. The smallest absolute Gasteiger partial charge is 0.260 e. The van der Waals surface area contributed by atoms with E-state index in [0.717, 1.165) is 17.8 Å². The zero-order valence-electron chi connectivity index (χ0n) is 5.10. The summed E-state index contributed by atoms with van der Waals surface area (Å²) in [5.41, 5.74) is 5.16. The molecule has 5 nitrogen and oxygen atoms in total. The fourth-order valence-corrected chi connectivity index (χ4v) is 1.69. The van der Waals surface area contributed by atoms with Crippen molar-refractivity contribution in [2.24, 2.45) is 0 Å². The Kier molecular flexibility index (Phi) is 1.61. The van der Waals surface area contributed by atoms with Crippen molar-refractivity contribution in [1.29, 1.82) is 0 Å². The van der Waals surface area contributed by atoms with E-state index in [0.29, 0.717) is 0 Å². The maximum Gasteiger partial charge on any atom is 0.260 e. The van der Waals surface area contributed by atoms with Crippen molar-refractivity contribution < 1.29 is 8.42 Å². The van der Waals surface area contributed by atoms with Gasteiger partial charge in [-0.25, -0.2) is 8.42 Å². The topological polar surface area (TPSA) is 85.9 Å². The van der Waals surface area contributed by atoms with Crippen molar-refractivity contribution in [2.75, 3.05) is 12.0 Å². The number of nitrogens with two attached hydrogens (primary N) is 1. The number of hydrogen-bond acceptors (Lipinski definition) is 6. The first-order valence-corrected chi connectivity index (χ1v) is 4.96. The average molecular weight is 179 g/mol. The molecule has 1 heterocycles. The van der Waals surface area contributed by atoms with Gasteiger partial charge in [-0.1, -0.05) is 0 Å². The molecule has 0 spiro atoms. The fraction of sp³-hybridized carbons (Fsp3) is 0.333. The van der Waals surface area contributed by atoms with E-state index < -0.39 is 9.84 Å². The molecule has 0 aliphatic rings. The molecule has 1 rings (SSSR count). The van der Waals surface area contributed by atoms with Crippen LogP contribution < -0.4 is 5.73 Å². The second-order valence-corrected chi connectivity index (χ2v) is 4.38. The van der Waals surface area contributed by atoms with Crippen molar-refractivity contribution in [2.45, 2.75) is 5.16 Å². The molecule has 1 aromatic heterocycles. The van der Waals surface area contributed by atoms with Crippen molar-refractivity contribution in [1.82, 2.24) is 9.36 Å². The van der Waals surface area contributed by atoms with Crippen LogP contribution in [-0.4, -0.2) is 24.0 Å². The highest BCUT2D eigenvalue weighted by atomic mass is 32.2. The van der Waals surface area contributed by atoms with E-state index in [9.17, 15) is 8.42 Å². The molecule has 0 amide bonds. The molecule has 0 fully saturated rings. The normalized spacial score (nSPS) is 11.7. The van der Waals surface area contributed by atoms with Gasteiger partial charge in [-0.15, -0.1) is 0 Å². The van der Waals surface area contributed by atoms with Crippen LogP contribution >= 0.6 is 11.5 Å². The molecule has 56 valence electrons. The summed E-state index contributed by atoms with van der Waals surface area (Å²) in [6, 6.07) is 0. The van der Waals surface area contributed by atoms with Crippen LogP contribution in [0.5, 0.6) is 0 Å². The summed E-state index contributed by atoms with van der Waals surface area (Å²) in [6.07, 6.45) is 1.04. The van der Waals surface area contributed by atoms with Gasteiger partial charge in [0.15, 0.2) is 0 Å². The monoisotopic (exact) mass is 179 g/mol. The third kappa shape index (κ3) is 1.42. The Balaban J connectivity index is 3.21. The molecular formula is C3H5N3O2S2. The van der Waals surface area contributed by atoms with Crippen LogP contribution in [-0.2, 0) is 9.84 Å². The number of hydrogen-bond donors (Lipinski definition) is 1. The van der Waals surface area contributed by atoms with Crippen molar-refractivity contribution >= 4 is 26.5 Å². The number of aromatic nitrogens is 2. The van der Waals surface area contributed by atoms with E-state index >= 15 is 0 Å². The molecule has 0 unspecified atom stereocenters. The highest BCUT2D eigenvalue weighted by molar-refractivity contribution is 7.90. The molecular weight excluding hydrogens is 174 g/mol. The minimum atomic E-state index is -3.27. The summed E-state index contributed by atoms with van der Waals surface area (Å²) in [4.78, 5) is 3.48. The van der Waals surface area contributed by atoms with Gasteiger partial charge in [0.1, 0.15) is 0 Å². The second-order valence-electron chi connectivity index (χ2n) is 1.69. The van der Waals surface area contributed by atoms with Crippen LogP contribution in [0.15, 0.2) is 5.16 Å². The van der Waals surface area contributed by atoms with Crippen LogP contribution in [0.1, 0.15) is 0 Å². The highest BCUT2D eigenvalue weighted by Gasteiger charge is 2.12. The van der Waals surface area contributed by atoms with E-state index in [4.69, 9.17) is 5.73 Å². The van der Waals surface area contributed by atoms with E-state index in [1.54, 1.807) is 0 Å². The molecule has 0 bridgehead atoms. The lowest BCUT2D eigenvalue weighted by molar-refractivity contribution is 0.595. The van der Waals surface area contributed by atoms with Gasteiger partial charge >= 0.3 is 0 Å². The summed E-state index contributed by atoms with van der Waals surface area (Å²) in [6.45, 7) is 0. The van der Waals surface area contributed by atoms with Crippen LogP contribution in [0.3, 0.4) is 0 Å². The predicted octanol–water partition coefficient (Wildman–Crippen LogP) is -0.476. The Morgan fingerprint density at radius 3 is 2.40 bits per heavy atom. The summed E-state index contributed by atoms with van der Waals surface area (Å²) in [5, 5.41) is -0.0320. The SMILES string of the molecule is CS(=O)(=O)c1nsc(N)n1. The highest BCUT2D eigenvalue weighted by Crippen LogP contribution is 2.09. The quantitative estimate of drug-likeness (QED) is 0.629. The van der Waals surface area contributed by atoms with Crippen LogP contribution in [0, 0.1) is 0 Å². The average Bonchev–Trinajstić information content (AvgIpc) is 2.11. The first-order chi connectivity index (χ1) is 4.50. The molecule has 0 radical (unpaired) electrons. The van der Waals surface area contributed by atoms with Crippen molar-refractivity contribution in [3.63, 3.8) is 0 Å². The first kappa shape index (κ1) is 7.42.